The fourth-order valence-corrected chi connectivity index (χ4v) is 4.24. The summed E-state index contributed by atoms with van der Waals surface area (Å²) in [6.07, 6.45) is 3.78. The van der Waals surface area contributed by atoms with Crippen molar-refractivity contribution in [3.8, 4) is 23.1 Å². The van der Waals surface area contributed by atoms with Crippen molar-refractivity contribution in [2.45, 2.75) is 26.3 Å². The van der Waals surface area contributed by atoms with Gasteiger partial charge in [0.1, 0.15) is 6.04 Å². The summed E-state index contributed by atoms with van der Waals surface area (Å²) >= 11 is 6.38. The number of halogens is 1. The van der Waals surface area contributed by atoms with Gasteiger partial charge in [0.25, 0.3) is 11.8 Å². The number of pyridine rings is 2. The maximum absolute atomic E-state index is 12.6. The first-order valence-electron chi connectivity index (χ1n) is 12.4. The molecule has 0 bridgehead atoms. The molecule has 5 N–H and O–H groups in total. The first kappa shape index (κ1) is 28.2. The Morgan fingerprint density at radius 2 is 1.80 bits per heavy atom. The number of aliphatic carboxylic acids is 1. The van der Waals surface area contributed by atoms with Gasteiger partial charge in [0, 0.05) is 40.0 Å². The number of carboxylic acids is 1. The molecule has 40 heavy (non-hydrogen) atoms. The van der Waals surface area contributed by atoms with Crippen LogP contribution >= 0.6 is 11.6 Å². The minimum atomic E-state index is -1.09. The zero-order valence-corrected chi connectivity index (χ0v) is 22.5. The van der Waals surface area contributed by atoms with Gasteiger partial charge < -0.3 is 10.4 Å². The van der Waals surface area contributed by atoms with Gasteiger partial charge in [-0.25, -0.2) is 15.6 Å². The van der Waals surface area contributed by atoms with Crippen LogP contribution in [0.1, 0.15) is 52.1 Å². The van der Waals surface area contributed by atoms with E-state index in [1.165, 1.54) is 6.07 Å². The third kappa shape index (κ3) is 6.26. The molecule has 202 valence electrons. The molecular weight excluding hydrogens is 530 g/mol. The van der Waals surface area contributed by atoms with Gasteiger partial charge in [-0.2, -0.15) is 0 Å². The van der Waals surface area contributed by atoms with Crippen LogP contribution in [-0.2, 0) is 4.79 Å². The van der Waals surface area contributed by atoms with Gasteiger partial charge in [0.05, 0.1) is 21.8 Å². The average molecular weight is 556 g/mol. The summed E-state index contributed by atoms with van der Waals surface area (Å²) in [4.78, 5) is 45.2. The number of hydrazine groups is 1. The Kier molecular flexibility index (Phi) is 8.74. The molecule has 2 aromatic carbocycles. The molecule has 4 aromatic rings. The van der Waals surface area contributed by atoms with Crippen LogP contribution in [0.15, 0.2) is 67.0 Å². The number of carboxylic acid groups (broad SMARTS) is 1. The molecule has 0 saturated heterocycles. The Morgan fingerprint density at radius 3 is 2.45 bits per heavy atom. The molecule has 0 fully saturated rings. The predicted molar refractivity (Wildman–Crippen MR) is 152 cm³/mol. The standard InChI is InChI=1S/C30H26ClN5O4/c1-3-17(2)27(30(39)40)35-28(37)21-11-10-19(24(31)14-21)7-4-18-5-8-20(9-6-18)26-15-22(29(38)36-32)23-16-33-13-12-25(23)34-26/h5-6,8-17,27H,3,32H2,1-2H3,(H,35,37)(H,36,38)(H,39,40). The number of nitrogens with zero attached hydrogens (tertiary/aromatic N) is 2. The van der Waals surface area contributed by atoms with E-state index in [2.05, 4.69) is 32.6 Å². The molecule has 9 nitrogen and oxygen atoms in total. The first-order chi connectivity index (χ1) is 19.2. The van der Waals surface area contributed by atoms with E-state index < -0.39 is 23.8 Å². The lowest BCUT2D eigenvalue weighted by molar-refractivity contribution is -0.140. The largest absolute Gasteiger partial charge is 0.480 e. The lowest BCUT2D eigenvalue weighted by Gasteiger charge is -2.20. The van der Waals surface area contributed by atoms with E-state index in [0.29, 0.717) is 39.7 Å². The van der Waals surface area contributed by atoms with Gasteiger partial charge in [-0.05, 0) is 48.4 Å². The summed E-state index contributed by atoms with van der Waals surface area (Å²) in [5.41, 5.74) is 5.98. The predicted octanol–water partition coefficient (Wildman–Crippen LogP) is 4.18. The highest BCUT2D eigenvalue weighted by molar-refractivity contribution is 6.32. The molecule has 0 aliphatic carbocycles. The number of fused-ring (bicyclic) bond motifs is 1. The van der Waals surface area contributed by atoms with Crippen LogP contribution in [0.25, 0.3) is 22.2 Å². The number of carbonyl (C=O) groups is 3. The summed E-state index contributed by atoms with van der Waals surface area (Å²) in [7, 11) is 0. The molecule has 2 unspecified atom stereocenters. The number of hydrogen-bond acceptors (Lipinski definition) is 6. The van der Waals surface area contributed by atoms with Gasteiger partial charge in [0.15, 0.2) is 0 Å². The molecule has 0 saturated carbocycles. The highest BCUT2D eigenvalue weighted by atomic mass is 35.5. The molecule has 2 amide bonds. The van der Waals surface area contributed by atoms with Gasteiger partial charge in [-0.1, -0.05) is 55.8 Å². The van der Waals surface area contributed by atoms with Crippen molar-refractivity contribution in [1.82, 2.24) is 20.7 Å². The Labute approximate surface area is 235 Å². The van der Waals surface area contributed by atoms with Gasteiger partial charge >= 0.3 is 5.97 Å². The van der Waals surface area contributed by atoms with Crippen molar-refractivity contribution in [1.29, 1.82) is 0 Å². The monoisotopic (exact) mass is 555 g/mol. The lowest BCUT2D eigenvalue weighted by Crippen LogP contribution is -2.45. The van der Waals surface area contributed by atoms with Crippen molar-refractivity contribution in [3.63, 3.8) is 0 Å². The van der Waals surface area contributed by atoms with E-state index >= 15 is 0 Å². The van der Waals surface area contributed by atoms with Crippen LogP contribution in [0.3, 0.4) is 0 Å². The van der Waals surface area contributed by atoms with E-state index in [-0.39, 0.29) is 16.5 Å². The molecule has 0 aliphatic rings. The van der Waals surface area contributed by atoms with E-state index in [1.54, 1.807) is 43.6 Å². The van der Waals surface area contributed by atoms with Crippen molar-refractivity contribution in [2.24, 2.45) is 11.8 Å². The number of nitrogens with one attached hydrogen (secondary N) is 2. The summed E-state index contributed by atoms with van der Waals surface area (Å²) in [5.74, 6) is 9.13. The number of nitrogen functional groups attached to an aromatic ring is 1. The van der Waals surface area contributed by atoms with E-state index in [4.69, 9.17) is 17.4 Å². The Hall–Kier alpha value is -4.78. The number of rotatable bonds is 7. The van der Waals surface area contributed by atoms with Gasteiger partial charge in [0.2, 0.25) is 0 Å². The van der Waals surface area contributed by atoms with Crippen LogP contribution in [0, 0.1) is 17.8 Å². The molecule has 0 aliphatic heterocycles. The SMILES string of the molecule is CCC(C)C(NC(=O)c1ccc(C#Cc2ccc(-c3cc(C(=O)NN)c4cnccc4n3)cc2)c(Cl)c1)C(=O)O. The minimum Gasteiger partial charge on any atom is -0.480 e. The Balaban J connectivity index is 1.53. The average Bonchev–Trinajstić information content (AvgIpc) is 2.97. The van der Waals surface area contributed by atoms with Crippen molar-refractivity contribution in [3.05, 3.63) is 94.3 Å². The quantitative estimate of drug-likeness (QED) is 0.116. The second-order valence-electron chi connectivity index (χ2n) is 9.12. The number of amides is 2. The molecule has 0 spiro atoms. The van der Waals surface area contributed by atoms with E-state index in [9.17, 15) is 19.5 Å². The van der Waals surface area contributed by atoms with E-state index in [0.717, 1.165) is 5.56 Å². The molecule has 2 atom stereocenters. The zero-order valence-electron chi connectivity index (χ0n) is 21.7. The lowest BCUT2D eigenvalue weighted by atomic mass is 9.99. The molecule has 2 aromatic heterocycles. The number of benzene rings is 2. The zero-order chi connectivity index (χ0) is 28.8. The van der Waals surface area contributed by atoms with Crippen LogP contribution < -0.4 is 16.6 Å². The second kappa shape index (κ2) is 12.4. The number of aromatic nitrogens is 2. The smallest absolute Gasteiger partial charge is 0.326 e. The Morgan fingerprint density at radius 1 is 1.05 bits per heavy atom. The Bertz CT molecular complexity index is 1660. The van der Waals surface area contributed by atoms with E-state index in [1.807, 2.05) is 31.2 Å². The van der Waals surface area contributed by atoms with Gasteiger partial charge in [-0.15, -0.1) is 0 Å². The van der Waals surface area contributed by atoms with Crippen molar-refractivity contribution in [2.75, 3.05) is 0 Å². The fourth-order valence-electron chi connectivity index (χ4n) is 4.01. The normalized spacial score (nSPS) is 12.1. The maximum atomic E-state index is 12.6. The van der Waals surface area contributed by atoms with Crippen LogP contribution in [-0.4, -0.2) is 38.9 Å². The van der Waals surface area contributed by atoms with Crippen LogP contribution in [0.5, 0.6) is 0 Å². The van der Waals surface area contributed by atoms with Crippen molar-refractivity contribution >= 4 is 40.3 Å². The fraction of sp³-hybridized carbons (Fsp3) is 0.167. The topological polar surface area (TPSA) is 147 Å². The number of nitrogens with two attached hydrogens (primary N) is 1. The highest BCUT2D eigenvalue weighted by Gasteiger charge is 2.26. The summed E-state index contributed by atoms with van der Waals surface area (Å²) < 4.78 is 0. The van der Waals surface area contributed by atoms with Crippen molar-refractivity contribution < 1.29 is 19.5 Å². The molecule has 10 heteroatoms. The van der Waals surface area contributed by atoms with Gasteiger partial charge in [-0.3, -0.25) is 20.0 Å². The molecule has 4 rings (SSSR count). The maximum Gasteiger partial charge on any atom is 0.326 e. The minimum absolute atomic E-state index is 0.227. The molecule has 2 heterocycles. The van der Waals surface area contributed by atoms with Crippen LogP contribution in [0.2, 0.25) is 5.02 Å². The number of carbonyl (C=O) groups excluding carboxylic acids is 2. The third-order valence-corrected chi connectivity index (χ3v) is 6.82. The molecule has 0 radical (unpaired) electrons. The second-order valence-corrected chi connectivity index (χ2v) is 9.53. The van der Waals surface area contributed by atoms with Crippen LogP contribution in [0.4, 0.5) is 0 Å². The highest BCUT2D eigenvalue weighted by Crippen LogP contribution is 2.25. The molecular formula is C30H26ClN5O4. The summed E-state index contributed by atoms with van der Waals surface area (Å²) in [6, 6.07) is 14.4. The number of hydrogen-bond donors (Lipinski definition) is 4. The summed E-state index contributed by atoms with van der Waals surface area (Å²) in [6.45, 7) is 3.63. The summed E-state index contributed by atoms with van der Waals surface area (Å²) in [5, 5.41) is 12.9. The first-order valence-corrected chi connectivity index (χ1v) is 12.8. The third-order valence-electron chi connectivity index (χ3n) is 6.50.